The quantitative estimate of drug-likeness (QED) is 0.799. The van der Waals surface area contributed by atoms with E-state index in [1.165, 1.54) is 57.2 Å². The average molecular weight is 243 g/mol. The van der Waals surface area contributed by atoms with Gasteiger partial charge in [0, 0.05) is 11.5 Å². The Bertz CT molecular complexity index is 450. The third-order valence-electron chi connectivity index (χ3n) is 6.03. The molecule has 0 aliphatic heterocycles. The topological polar surface area (TPSA) is 30.7 Å². The first-order chi connectivity index (χ1) is 8.82. The zero-order valence-electron chi connectivity index (χ0n) is 10.9. The third kappa shape index (κ3) is 1.25. The summed E-state index contributed by atoms with van der Waals surface area (Å²) in [4.78, 5) is 0. The summed E-state index contributed by atoms with van der Waals surface area (Å²) in [5, 5.41) is 8.83. The Morgan fingerprint density at radius 3 is 2.17 bits per heavy atom. The molecule has 96 valence electrons. The van der Waals surface area contributed by atoms with E-state index in [4.69, 9.17) is 0 Å². The normalized spacial score (nSPS) is 45.7. The molecule has 0 saturated heterocycles. The van der Waals surface area contributed by atoms with Gasteiger partial charge in [0.05, 0.1) is 0 Å². The second kappa shape index (κ2) is 3.17. The van der Waals surface area contributed by atoms with E-state index in [1.807, 2.05) is 6.33 Å². The molecule has 5 saturated carbocycles. The lowest BCUT2D eigenvalue weighted by molar-refractivity contribution is -0.0112. The molecule has 5 aliphatic carbocycles. The summed E-state index contributed by atoms with van der Waals surface area (Å²) in [7, 11) is 0. The van der Waals surface area contributed by atoms with Crippen molar-refractivity contribution in [1.82, 2.24) is 14.8 Å². The van der Waals surface area contributed by atoms with Crippen LogP contribution in [0.2, 0.25) is 0 Å². The van der Waals surface area contributed by atoms with E-state index in [9.17, 15) is 0 Å². The summed E-state index contributed by atoms with van der Waals surface area (Å²) in [6.45, 7) is 0. The van der Waals surface area contributed by atoms with E-state index in [-0.39, 0.29) is 0 Å². The Morgan fingerprint density at radius 1 is 1.00 bits per heavy atom. The van der Waals surface area contributed by atoms with E-state index in [0.29, 0.717) is 5.41 Å². The van der Waals surface area contributed by atoms with Gasteiger partial charge in [-0.2, -0.15) is 0 Å². The minimum atomic E-state index is 0.424. The van der Waals surface area contributed by atoms with Gasteiger partial charge in [-0.1, -0.05) is 0 Å². The number of hydrogen-bond acceptors (Lipinski definition) is 2. The summed E-state index contributed by atoms with van der Waals surface area (Å²) in [5.41, 5.74) is 0.424. The maximum atomic E-state index is 4.58. The molecule has 0 radical (unpaired) electrons. The van der Waals surface area contributed by atoms with Crippen molar-refractivity contribution in [2.24, 2.45) is 17.8 Å². The summed E-state index contributed by atoms with van der Waals surface area (Å²) < 4.78 is 2.44. The molecule has 0 N–H and O–H groups in total. The fourth-order valence-corrected chi connectivity index (χ4v) is 5.63. The summed E-state index contributed by atoms with van der Waals surface area (Å²) in [6.07, 6.45) is 13.4. The molecule has 4 bridgehead atoms. The highest BCUT2D eigenvalue weighted by Crippen LogP contribution is 2.60. The molecule has 18 heavy (non-hydrogen) atoms. The van der Waals surface area contributed by atoms with Gasteiger partial charge in [0.15, 0.2) is 0 Å². The Hall–Kier alpha value is -0.860. The first-order valence-corrected chi connectivity index (χ1v) is 7.72. The van der Waals surface area contributed by atoms with Crippen molar-refractivity contribution in [3.8, 4) is 0 Å². The van der Waals surface area contributed by atoms with Crippen LogP contribution >= 0.6 is 0 Å². The van der Waals surface area contributed by atoms with Crippen molar-refractivity contribution < 1.29 is 0 Å². The molecule has 0 atom stereocenters. The van der Waals surface area contributed by atoms with E-state index >= 15 is 0 Å². The van der Waals surface area contributed by atoms with E-state index in [0.717, 1.165) is 23.8 Å². The molecule has 3 heteroatoms. The highest BCUT2D eigenvalue weighted by atomic mass is 15.3. The SMILES string of the molecule is c1nnc(C23CC4CC(CC(C4)C2)C3)n1C1CC1. The van der Waals surface area contributed by atoms with Crippen LogP contribution in [0.15, 0.2) is 6.33 Å². The van der Waals surface area contributed by atoms with Crippen molar-refractivity contribution in [2.75, 3.05) is 0 Å². The van der Waals surface area contributed by atoms with Gasteiger partial charge in [0.2, 0.25) is 0 Å². The predicted octanol–water partition coefficient (Wildman–Crippen LogP) is 3.08. The average Bonchev–Trinajstić information content (AvgIpc) is 3.04. The largest absolute Gasteiger partial charge is 0.314 e. The molecule has 0 aromatic carbocycles. The Kier molecular flexibility index (Phi) is 1.76. The van der Waals surface area contributed by atoms with Gasteiger partial charge in [0.25, 0.3) is 0 Å². The zero-order valence-corrected chi connectivity index (χ0v) is 10.9. The van der Waals surface area contributed by atoms with Gasteiger partial charge < -0.3 is 4.57 Å². The molecule has 1 aromatic rings. The van der Waals surface area contributed by atoms with Gasteiger partial charge in [-0.15, -0.1) is 10.2 Å². The lowest BCUT2D eigenvalue weighted by Gasteiger charge is -2.56. The minimum Gasteiger partial charge on any atom is -0.314 e. The van der Waals surface area contributed by atoms with Crippen molar-refractivity contribution in [3.05, 3.63) is 12.2 Å². The number of nitrogens with zero attached hydrogens (tertiary/aromatic N) is 3. The molecule has 5 fully saturated rings. The third-order valence-corrected chi connectivity index (χ3v) is 6.03. The van der Waals surface area contributed by atoms with Crippen LogP contribution in [-0.4, -0.2) is 14.8 Å². The van der Waals surface area contributed by atoms with Gasteiger partial charge in [-0.25, -0.2) is 0 Å². The monoisotopic (exact) mass is 243 g/mol. The Balaban J connectivity index is 1.60. The van der Waals surface area contributed by atoms with Crippen LogP contribution in [0, 0.1) is 17.8 Å². The number of rotatable bonds is 2. The first-order valence-electron chi connectivity index (χ1n) is 7.72. The molecule has 0 amide bonds. The minimum absolute atomic E-state index is 0.424. The first kappa shape index (κ1) is 9.99. The number of aromatic nitrogens is 3. The van der Waals surface area contributed by atoms with Crippen LogP contribution < -0.4 is 0 Å². The van der Waals surface area contributed by atoms with Crippen molar-refractivity contribution in [1.29, 1.82) is 0 Å². The molecule has 0 unspecified atom stereocenters. The van der Waals surface area contributed by atoms with Crippen LogP contribution in [0.3, 0.4) is 0 Å². The summed E-state index contributed by atoms with van der Waals surface area (Å²) in [6, 6.07) is 0.739. The smallest absolute Gasteiger partial charge is 0.139 e. The maximum absolute atomic E-state index is 4.58. The summed E-state index contributed by atoms with van der Waals surface area (Å²) in [5.74, 6) is 4.37. The fourth-order valence-electron chi connectivity index (χ4n) is 5.63. The number of hydrogen-bond donors (Lipinski definition) is 0. The van der Waals surface area contributed by atoms with Gasteiger partial charge in [0.1, 0.15) is 12.2 Å². The van der Waals surface area contributed by atoms with Crippen molar-refractivity contribution in [2.45, 2.75) is 62.8 Å². The van der Waals surface area contributed by atoms with Crippen LogP contribution in [0.1, 0.15) is 63.2 Å². The van der Waals surface area contributed by atoms with E-state index in [1.54, 1.807) is 0 Å². The van der Waals surface area contributed by atoms with Crippen LogP contribution in [-0.2, 0) is 5.41 Å². The zero-order chi connectivity index (χ0) is 11.7. The van der Waals surface area contributed by atoms with E-state index < -0.39 is 0 Å². The van der Waals surface area contributed by atoms with Gasteiger partial charge >= 0.3 is 0 Å². The Morgan fingerprint density at radius 2 is 1.61 bits per heavy atom. The van der Waals surface area contributed by atoms with Crippen LogP contribution in [0.4, 0.5) is 0 Å². The maximum Gasteiger partial charge on any atom is 0.139 e. The molecular weight excluding hydrogens is 222 g/mol. The van der Waals surface area contributed by atoms with Gasteiger partial charge in [-0.05, 0) is 69.1 Å². The lowest BCUT2D eigenvalue weighted by Crippen LogP contribution is -2.49. The van der Waals surface area contributed by atoms with Crippen molar-refractivity contribution in [3.63, 3.8) is 0 Å². The second-order valence-corrected chi connectivity index (χ2v) is 7.49. The molecule has 1 heterocycles. The highest BCUT2D eigenvalue weighted by molar-refractivity contribution is 5.18. The highest BCUT2D eigenvalue weighted by Gasteiger charge is 2.54. The molecule has 5 aliphatic rings. The molecule has 1 aromatic heterocycles. The van der Waals surface area contributed by atoms with Crippen LogP contribution in [0.25, 0.3) is 0 Å². The van der Waals surface area contributed by atoms with Crippen LogP contribution in [0.5, 0.6) is 0 Å². The Labute approximate surface area is 108 Å². The predicted molar refractivity (Wildman–Crippen MR) is 68.1 cm³/mol. The standard InChI is InChI=1S/C15H21N3/c1-2-13(1)18-9-16-17-14(18)15-6-10-3-11(7-15)5-12(4-10)8-15/h9-13H,1-8H2. The van der Waals surface area contributed by atoms with Crippen molar-refractivity contribution >= 4 is 0 Å². The molecule has 3 nitrogen and oxygen atoms in total. The molecular formula is C15H21N3. The van der Waals surface area contributed by atoms with E-state index in [2.05, 4.69) is 14.8 Å². The lowest BCUT2D eigenvalue weighted by atomic mass is 9.49. The van der Waals surface area contributed by atoms with Gasteiger partial charge in [-0.3, -0.25) is 0 Å². The second-order valence-electron chi connectivity index (χ2n) is 7.49. The molecule has 6 rings (SSSR count). The fraction of sp³-hybridized carbons (Fsp3) is 0.867. The molecule has 0 spiro atoms. The summed E-state index contributed by atoms with van der Waals surface area (Å²) >= 11 is 0.